The monoisotopic (exact) mass is 323 g/mol. The van der Waals surface area contributed by atoms with E-state index >= 15 is 0 Å². The van der Waals surface area contributed by atoms with Crippen molar-refractivity contribution in [3.05, 3.63) is 71.0 Å². The third-order valence-corrected chi connectivity index (χ3v) is 4.52. The molecule has 0 spiro atoms. The first-order valence-electron chi connectivity index (χ1n) is 7.91. The molecule has 0 saturated heterocycles. The summed E-state index contributed by atoms with van der Waals surface area (Å²) in [6.45, 7) is 2.09. The molecule has 5 nitrogen and oxygen atoms in total. The standard InChI is InChI=1S/C18H18FN5/c1-11-4-2-3-5-14(11)16-10-15(12-6-8-13(19)9-7-12)21-18-22-17(20)23-24(16)18/h2-9,15-16H,10H2,1H3,(H3,20,21,22,23)/t15-,16-/m0/s1. The molecule has 1 aromatic heterocycles. The van der Waals surface area contributed by atoms with Gasteiger partial charge in [0.05, 0.1) is 12.1 Å². The first-order chi connectivity index (χ1) is 11.6. The van der Waals surface area contributed by atoms with Crippen molar-refractivity contribution in [1.29, 1.82) is 0 Å². The number of hydrogen-bond donors (Lipinski definition) is 2. The van der Waals surface area contributed by atoms with Crippen LogP contribution in [0.25, 0.3) is 0 Å². The van der Waals surface area contributed by atoms with Gasteiger partial charge in [-0.05, 0) is 42.2 Å². The number of aryl methyl sites for hydroxylation is 1. The maximum Gasteiger partial charge on any atom is 0.241 e. The van der Waals surface area contributed by atoms with Crippen LogP contribution in [-0.2, 0) is 0 Å². The quantitative estimate of drug-likeness (QED) is 0.758. The van der Waals surface area contributed by atoms with Crippen LogP contribution in [0.15, 0.2) is 48.5 Å². The summed E-state index contributed by atoms with van der Waals surface area (Å²) < 4.78 is 15.1. The molecule has 0 radical (unpaired) electrons. The highest BCUT2D eigenvalue weighted by Crippen LogP contribution is 2.38. The highest BCUT2D eigenvalue weighted by molar-refractivity contribution is 5.42. The van der Waals surface area contributed by atoms with E-state index in [9.17, 15) is 4.39 Å². The minimum atomic E-state index is -0.238. The van der Waals surface area contributed by atoms with Gasteiger partial charge in [0, 0.05) is 0 Å². The molecule has 0 unspecified atom stereocenters. The molecule has 0 saturated carbocycles. The van der Waals surface area contributed by atoms with Crippen LogP contribution in [-0.4, -0.2) is 14.8 Å². The average molecular weight is 323 g/mol. The first-order valence-corrected chi connectivity index (χ1v) is 7.91. The van der Waals surface area contributed by atoms with Gasteiger partial charge in [0.15, 0.2) is 0 Å². The van der Waals surface area contributed by atoms with E-state index in [1.54, 1.807) is 12.1 Å². The van der Waals surface area contributed by atoms with E-state index < -0.39 is 0 Å². The summed E-state index contributed by atoms with van der Waals surface area (Å²) in [6.07, 6.45) is 0.784. The van der Waals surface area contributed by atoms with Crippen LogP contribution in [0.1, 0.15) is 35.2 Å². The molecule has 0 aliphatic carbocycles. The second-order valence-electron chi connectivity index (χ2n) is 6.09. The maximum atomic E-state index is 13.2. The number of aromatic nitrogens is 3. The van der Waals surface area contributed by atoms with E-state index in [0.717, 1.165) is 12.0 Å². The fourth-order valence-electron chi connectivity index (χ4n) is 3.33. The molecule has 2 aromatic carbocycles. The Morgan fingerprint density at radius 2 is 1.92 bits per heavy atom. The number of nitrogens with zero attached hydrogens (tertiary/aromatic N) is 3. The smallest absolute Gasteiger partial charge is 0.241 e. The van der Waals surface area contributed by atoms with Crippen molar-refractivity contribution in [2.24, 2.45) is 0 Å². The predicted molar refractivity (Wildman–Crippen MR) is 91.1 cm³/mol. The molecular weight excluding hydrogens is 305 g/mol. The molecule has 0 amide bonds. The SMILES string of the molecule is Cc1ccccc1[C@@H]1C[C@@H](c2ccc(F)cc2)Nc2nc(N)nn21. The Morgan fingerprint density at radius 3 is 2.67 bits per heavy atom. The molecule has 24 heavy (non-hydrogen) atoms. The zero-order valence-electron chi connectivity index (χ0n) is 13.3. The van der Waals surface area contributed by atoms with E-state index in [-0.39, 0.29) is 23.8 Å². The Hall–Kier alpha value is -2.89. The molecule has 2 heterocycles. The van der Waals surface area contributed by atoms with Gasteiger partial charge in [-0.25, -0.2) is 9.07 Å². The number of hydrogen-bond acceptors (Lipinski definition) is 4. The summed E-state index contributed by atoms with van der Waals surface area (Å²) in [7, 11) is 0. The van der Waals surface area contributed by atoms with Gasteiger partial charge in [-0.1, -0.05) is 36.4 Å². The molecule has 6 heteroatoms. The Morgan fingerprint density at radius 1 is 1.17 bits per heavy atom. The molecule has 4 rings (SSSR count). The third-order valence-electron chi connectivity index (χ3n) is 4.52. The molecule has 0 bridgehead atoms. The Kier molecular flexibility index (Phi) is 3.45. The van der Waals surface area contributed by atoms with Crippen LogP contribution in [0.5, 0.6) is 0 Å². The molecule has 0 fully saturated rings. The van der Waals surface area contributed by atoms with E-state index in [2.05, 4.69) is 34.5 Å². The molecule has 1 aliphatic heterocycles. The number of rotatable bonds is 2. The fourth-order valence-corrected chi connectivity index (χ4v) is 3.33. The van der Waals surface area contributed by atoms with E-state index in [1.807, 2.05) is 16.8 Å². The fraction of sp³-hybridized carbons (Fsp3) is 0.222. The predicted octanol–water partition coefficient (Wildman–Crippen LogP) is 3.45. The van der Waals surface area contributed by atoms with Gasteiger partial charge in [0.2, 0.25) is 11.9 Å². The molecular formula is C18H18FN5. The number of nitrogens with two attached hydrogens (primary N) is 1. The number of benzene rings is 2. The molecule has 122 valence electrons. The van der Waals surface area contributed by atoms with Crippen molar-refractivity contribution in [3.63, 3.8) is 0 Å². The zero-order chi connectivity index (χ0) is 16.7. The highest BCUT2D eigenvalue weighted by Gasteiger charge is 2.31. The van der Waals surface area contributed by atoms with Crippen LogP contribution in [0, 0.1) is 12.7 Å². The van der Waals surface area contributed by atoms with E-state index in [1.165, 1.54) is 23.3 Å². The van der Waals surface area contributed by atoms with Gasteiger partial charge < -0.3 is 11.1 Å². The van der Waals surface area contributed by atoms with Gasteiger partial charge in [-0.3, -0.25) is 0 Å². The van der Waals surface area contributed by atoms with Gasteiger partial charge in [-0.15, -0.1) is 5.10 Å². The molecule has 1 aliphatic rings. The number of anilines is 2. The van der Waals surface area contributed by atoms with Crippen LogP contribution < -0.4 is 11.1 Å². The van der Waals surface area contributed by atoms with Gasteiger partial charge >= 0.3 is 0 Å². The van der Waals surface area contributed by atoms with Gasteiger partial charge in [-0.2, -0.15) is 4.98 Å². The van der Waals surface area contributed by atoms with Crippen molar-refractivity contribution >= 4 is 11.9 Å². The average Bonchev–Trinajstić information content (AvgIpc) is 2.95. The number of halogens is 1. The minimum Gasteiger partial charge on any atom is -0.366 e. The van der Waals surface area contributed by atoms with Crippen molar-refractivity contribution < 1.29 is 4.39 Å². The lowest BCUT2D eigenvalue weighted by molar-refractivity contribution is 0.430. The summed E-state index contributed by atoms with van der Waals surface area (Å²) in [6, 6.07) is 14.9. The lowest BCUT2D eigenvalue weighted by Gasteiger charge is -2.32. The summed E-state index contributed by atoms with van der Waals surface area (Å²) in [4.78, 5) is 4.29. The Balaban J connectivity index is 1.78. The van der Waals surface area contributed by atoms with Crippen LogP contribution in [0.3, 0.4) is 0 Å². The van der Waals surface area contributed by atoms with Crippen molar-refractivity contribution in [3.8, 4) is 0 Å². The van der Waals surface area contributed by atoms with E-state index in [4.69, 9.17) is 5.73 Å². The zero-order valence-corrected chi connectivity index (χ0v) is 13.3. The largest absolute Gasteiger partial charge is 0.366 e. The van der Waals surface area contributed by atoms with Gasteiger partial charge in [0.1, 0.15) is 5.82 Å². The molecule has 3 aromatic rings. The minimum absolute atomic E-state index is 0.0197. The summed E-state index contributed by atoms with van der Waals surface area (Å²) >= 11 is 0. The third kappa shape index (κ3) is 2.50. The topological polar surface area (TPSA) is 68.8 Å². The Bertz CT molecular complexity index is 871. The van der Waals surface area contributed by atoms with E-state index in [0.29, 0.717) is 5.95 Å². The van der Waals surface area contributed by atoms with Crippen molar-refractivity contribution in [2.45, 2.75) is 25.4 Å². The summed E-state index contributed by atoms with van der Waals surface area (Å²) in [5.74, 6) is 0.648. The number of nitrogens with one attached hydrogen (secondary N) is 1. The molecule has 2 atom stereocenters. The second-order valence-corrected chi connectivity index (χ2v) is 6.09. The Labute approximate surface area is 139 Å². The van der Waals surface area contributed by atoms with Crippen LogP contribution in [0.4, 0.5) is 16.3 Å². The highest BCUT2D eigenvalue weighted by atomic mass is 19.1. The lowest BCUT2D eigenvalue weighted by Crippen LogP contribution is -2.28. The second kappa shape index (κ2) is 5.63. The molecule has 3 N–H and O–H groups in total. The van der Waals surface area contributed by atoms with Gasteiger partial charge in [0.25, 0.3) is 0 Å². The number of nitrogen functional groups attached to an aromatic ring is 1. The van der Waals surface area contributed by atoms with Crippen molar-refractivity contribution in [1.82, 2.24) is 14.8 Å². The normalized spacial score (nSPS) is 19.6. The lowest BCUT2D eigenvalue weighted by atomic mass is 9.91. The first kappa shape index (κ1) is 14.7. The number of fused-ring (bicyclic) bond motifs is 1. The van der Waals surface area contributed by atoms with Crippen LogP contribution in [0.2, 0.25) is 0 Å². The maximum absolute atomic E-state index is 13.2. The van der Waals surface area contributed by atoms with Crippen LogP contribution >= 0.6 is 0 Å². The summed E-state index contributed by atoms with van der Waals surface area (Å²) in [5, 5.41) is 7.71. The summed E-state index contributed by atoms with van der Waals surface area (Å²) in [5.41, 5.74) is 9.21. The van der Waals surface area contributed by atoms with Crippen molar-refractivity contribution in [2.75, 3.05) is 11.1 Å².